The predicted molar refractivity (Wildman–Crippen MR) is 196 cm³/mol. The lowest BCUT2D eigenvalue weighted by molar-refractivity contribution is -0.161. The molecule has 0 fully saturated rings. The van der Waals surface area contributed by atoms with Crippen molar-refractivity contribution in [1.29, 1.82) is 0 Å². The minimum absolute atomic E-state index is 0.0586. The first-order valence-electron chi connectivity index (χ1n) is 20.4. The Balaban J connectivity index is 3.51. The van der Waals surface area contributed by atoms with E-state index in [1.54, 1.807) is 0 Å². The van der Waals surface area contributed by atoms with Gasteiger partial charge in [-0.3, -0.25) is 9.59 Å². The van der Waals surface area contributed by atoms with Crippen molar-refractivity contribution >= 4 is 11.9 Å². The number of carbonyl (C=O) groups excluding carboxylic acids is 2. The third-order valence-electron chi connectivity index (χ3n) is 9.98. The molecule has 0 saturated heterocycles. The number of aliphatic hydroxyl groups excluding tert-OH is 1. The van der Waals surface area contributed by atoms with Gasteiger partial charge in [0.1, 0.15) is 6.61 Å². The van der Waals surface area contributed by atoms with Crippen LogP contribution in [0.25, 0.3) is 0 Å². The Hall–Kier alpha value is -1.10. The lowest BCUT2D eigenvalue weighted by atomic mass is 9.99. The lowest BCUT2D eigenvalue weighted by Crippen LogP contribution is -2.28. The van der Waals surface area contributed by atoms with E-state index in [1.165, 1.54) is 148 Å². The van der Waals surface area contributed by atoms with E-state index in [1.807, 2.05) is 0 Å². The molecule has 0 rings (SSSR count). The van der Waals surface area contributed by atoms with E-state index in [0.29, 0.717) is 12.8 Å². The third-order valence-corrected chi connectivity index (χ3v) is 9.98. The molecule has 5 nitrogen and oxygen atoms in total. The normalized spacial score (nSPS) is 13.4. The van der Waals surface area contributed by atoms with Crippen LogP contribution < -0.4 is 0 Å². The zero-order valence-corrected chi connectivity index (χ0v) is 31.4. The highest BCUT2D eigenvalue weighted by atomic mass is 16.6. The second-order valence-corrected chi connectivity index (χ2v) is 14.6. The van der Waals surface area contributed by atoms with Gasteiger partial charge in [-0.15, -0.1) is 0 Å². The molecule has 274 valence electrons. The Morgan fingerprint density at radius 2 is 0.783 bits per heavy atom. The molecule has 0 radical (unpaired) electrons. The van der Waals surface area contributed by atoms with Gasteiger partial charge < -0.3 is 14.6 Å². The molecular formula is C41H80O5. The fraction of sp³-hybridized carbons (Fsp3) is 0.951. The van der Waals surface area contributed by atoms with Gasteiger partial charge in [0, 0.05) is 12.8 Å². The minimum atomic E-state index is -0.763. The van der Waals surface area contributed by atoms with Crippen molar-refractivity contribution < 1.29 is 24.2 Å². The molecule has 1 N–H and O–H groups in total. The Kier molecular flexibility index (Phi) is 34.4. The van der Waals surface area contributed by atoms with Crippen molar-refractivity contribution in [3.05, 3.63) is 0 Å². The van der Waals surface area contributed by atoms with Crippen LogP contribution >= 0.6 is 0 Å². The van der Waals surface area contributed by atoms with E-state index in [0.717, 1.165) is 43.9 Å². The van der Waals surface area contributed by atoms with Gasteiger partial charge in [0.25, 0.3) is 0 Å². The summed E-state index contributed by atoms with van der Waals surface area (Å²) in [5.74, 6) is 1.20. The van der Waals surface area contributed by atoms with Gasteiger partial charge in [0.15, 0.2) is 6.10 Å². The first-order chi connectivity index (χ1) is 22.4. The van der Waals surface area contributed by atoms with Crippen LogP contribution in [-0.2, 0) is 19.1 Å². The number of unbranched alkanes of at least 4 members (excludes halogenated alkanes) is 22. The highest BCUT2D eigenvalue weighted by molar-refractivity contribution is 5.70. The molecule has 0 aromatic rings. The largest absolute Gasteiger partial charge is 0.462 e. The molecular weight excluding hydrogens is 572 g/mol. The Morgan fingerprint density at radius 1 is 0.478 bits per heavy atom. The van der Waals surface area contributed by atoms with Crippen LogP contribution in [0.1, 0.15) is 220 Å². The van der Waals surface area contributed by atoms with Crippen LogP contribution in [0.4, 0.5) is 0 Å². The van der Waals surface area contributed by atoms with Crippen LogP contribution in [0.5, 0.6) is 0 Å². The second kappa shape index (κ2) is 35.2. The molecule has 0 aliphatic heterocycles. The van der Waals surface area contributed by atoms with Gasteiger partial charge >= 0.3 is 11.9 Å². The summed E-state index contributed by atoms with van der Waals surface area (Å²) in [6.45, 7) is 8.92. The number of hydrogen-bond donors (Lipinski definition) is 1. The summed E-state index contributed by atoms with van der Waals surface area (Å²) >= 11 is 0. The summed E-state index contributed by atoms with van der Waals surface area (Å²) < 4.78 is 10.6. The van der Waals surface area contributed by atoms with Crippen molar-refractivity contribution in [1.82, 2.24) is 0 Å². The van der Waals surface area contributed by atoms with Gasteiger partial charge in [0.2, 0.25) is 0 Å². The zero-order chi connectivity index (χ0) is 33.9. The van der Waals surface area contributed by atoms with Gasteiger partial charge in [-0.2, -0.15) is 0 Å². The van der Waals surface area contributed by atoms with Crippen LogP contribution in [0.15, 0.2) is 0 Å². The summed E-state index contributed by atoms with van der Waals surface area (Å²) in [7, 11) is 0. The maximum Gasteiger partial charge on any atom is 0.306 e. The molecule has 0 aromatic carbocycles. The second-order valence-electron chi connectivity index (χ2n) is 14.6. The van der Waals surface area contributed by atoms with E-state index in [-0.39, 0.29) is 25.2 Å². The fourth-order valence-electron chi connectivity index (χ4n) is 6.09. The molecule has 0 aliphatic carbocycles. The molecule has 0 bridgehead atoms. The predicted octanol–water partition coefficient (Wildman–Crippen LogP) is 12.4. The minimum Gasteiger partial charge on any atom is -0.462 e. The maximum absolute atomic E-state index is 12.2. The highest BCUT2D eigenvalue weighted by Crippen LogP contribution is 2.17. The van der Waals surface area contributed by atoms with E-state index in [2.05, 4.69) is 27.7 Å². The average molecular weight is 653 g/mol. The van der Waals surface area contributed by atoms with Gasteiger partial charge in [-0.25, -0.2) is 0 Å². The number of esters is 2. The summed E-state index contributed by atoms with van der Waals surface area (Å²) in [4.78, 5) is 24.3. The van der Waals surface area contributed by atoms with Crippen LogP contribution in [0.3, 0.4) is 0 Å². The van der Waals surface area contributed by atoms with Crippen LogP contribution in [-0.4, -0.2) is 36.4 Å². The Labute approximate surface area is 287 Å². The molecule has 0 amide bonds. The number of aliphatic hydroxyl groups is 1. The third kappa shape index (κ3) is 32.8. The summed E-state index contributed by atoms with van der Waals surface area (Å²) in [6.07, 6.45) is 35.8. The van der Waals surface area contributed by atoms with E-state index in [4.69, 9.17) is 9.47 Å². The Bertz CT molecular complexity index is 651. The van der Waals surface area contributed by atoms with E-state index >= 15 is 0 Å². The smallest absolute Gasteiger partial charge is 0.306 e. The first kappa shape index (κ1) is 44.9. The van der Waals surface area contributed by atoms with Crippen LogP contribution in [0, 0.1) is 11.8 Å². The fourth-order valence-corrected chi connectivity index (χ4v) is 6.09. The molecule has 0 aliphatic rings. The molecule has 46 heavy (non-hydrogen) atoms. The lowest BCUT2D eigenvalue weighted by Gasteiger charge is -2.15. The quantitative estimate of drug-likeness (QED) is 0.0538. The van der Waals surface area contributed by atoms with E-state index < -0.39 is 6.10 Å². The monoisotopic (exact) mass is 653 g/mol. The van der Waals surface area contributed by atoms with Gasteiger partial charge in [-0.1, -0.05) is 195 Å². The average Bonchev–Trinajstić information content (AvgIpc) is 3.06. The molecule has 0 heterocycles. The molecule has 2 unspecified atom stereocenters. The van der Waals surface area contributed by atoms with Gasteiger partial charge in [0.05, 0.1) is 6.61 Å². The van der Waals surface area contributed by atoms with Crippen molar-refractivity contribution in [2.24, 2.45) is 11.8 Å². The number of carbonyl (C=O) groups is 2. The molecule has 0 saturated carbocycles. The van der Waals surface area contributed by atoms with Crippen molar-refractivity contribution in [2.75, 3.05) is 13.2 Å². The first-order valence-corrected chi connectivity index (χ1v) is 20.4. The van der Waals surface area contributed by atoms with Crippen molar-refractivity contribution in [2.45, 2.75) is 226 Å². The standard InChI is InChI=1S/C41H80O5/c1-5-37(3)31-27-23-19-15-11-9-7-8-10-12-17-21-25-29-33-40(43)45-36-39(35-42)46-41(44)34-30-26-22-18-14-13-16-20-24-28-32-38(4)6-2/h37-39,42H,5-36H2,1-4H3/t37?,38?,39-/m0/s1. The molecule has 0 aromatic heterocycles. The molecule has 5 heteroatoms. The topological polar surface area (TPSA) is 72.8 Å². The molecule has 3 atom stereocenters. The summed E-state index contributed by atoms with van der Waals surface area (Å²) in [5, 5.41) is 9.55. The van der Waals surface area contributed by atoms with Crippen LogP contribution in [0.2, 0.25) is 0 Å². The van der Waals surface area contributed by atoms with Gasteiger partial charge in [-0.05, 0) is 24.7 Å². The van der Waals surface area contributed by atoms with E-state index in [9.17, 15) is 14.7 Å². The van der Waals surface area contributed by atoms with Crippen molar-refractivity contribution in [3.63, 3.8) is 0 Å². The Morgan fingerprint density at radius 3 is 1.11 bits per heavy atom. The maximum atomic E-state index is 12.2. The number of ether oxygens (including phenoxy) is 2. The highest BCUT2D eigenvalue weighted by Gasteiger charge is 2.16. The summed E-state index contributed by atoms with van der Waals surface area (Å²) in [5.41, 5.74) is 0. The molecule has 0 spiro atoms. The number of rotatable bonds is 36. The van der Waals surface area contributed by atoms with Crippen molar-refractivity contribution in [3.8, 4) is 0 Å². The zero-order valence-electron chi connectivity index (χ0n) is 31.4. The number of hydrogen-bond acceptors (Lipinski definition) is 5. The summed E-state index contributed by atoms with van der Waals surface area (Å²) in [6, 6.07) is 0. The SMILES string of the molecule is CCC(C)CCCCCCCCCCCCCCCCC(=O)OC[C@H](CO)OC(=O)CCCCCCCCCCCCC(C)CC.